The predicted octanol–water partition coefficient (Wildman–Crippen LogP) is 8.09. The maximum Gasteiger partial charge on any atom is 0.0186 e. The van der Waals surface area contributed by atoms with Gasteiger partial charge < -0.3 is 5.73 Å². The van der Waals surface area contributed by atoms with E-state index in [0.717, 1.165) is 6.54 Å². The first-order valence-electron chi connectivity index (χ1n) is 12.9. The molecule has 0 radical (unpaired) electrons. The molecule has 0 atom stereocenters. The van der Waals surface area contributed by atoms with Gasteiger partial charge in [0.1, 0.15) is 0 Å². The van der Waals surface area contributed by atoms with Crippen molar-refractivity contribution in [3.8, 4) is 0 Å². The fourth-order valence-corrected chi connectivity index (χ4v) is 4.98. The van der Waals surface area contributed by atoms with Crippen LogP contribution in [0.5, 0.6) is 0 Å². The Morgan fingerprint density at radius 1 is 0.536 bits per heavy atom. The van der Waals surface area contributed by atoms with Gasteiger partial charge in [-0.1, -0.05) is 91.9 Å². The van der Waals surface area contributed by atoms with Crippen LogP contribution in [0, 0.1) is 0 Å². The van der Waals surface area contributed by atoms with Crippen molar-refractivity contribution in [2.75, 3.05) is 13.1 Å². The van der Waals surface area contributed by atoms with Gasteiger partial charge in [-0.3, -0.25) is 4.90 Å². The van der Waals surface area contributed by atoms with Crippen LogP contribution in [0.2, 0.25) is 0 Å². The molecule has 0 rings (SSSR count). The Hall–Kier alpha value is -0.0800. The number of hydrogen-bond donors (Lipinski definition) is 1. The zero-order valence-electron chi connectivity index (χ0n) is 20.8. The third-order valence-electron chi connectivity index (χ3n) is 6.91. The number of hydrogen-bond acceptors (Lipinski definition) is 2. The normalized spacial score (nSPS) is 12.9. The molecule has 2 nitrogen and oxygen atoms in total. The standard InChI is InChI=1S/C26H56N2/c1-7-11-19-25(5,20-12-8-2)28(24-18-16-15-17-23-27)26(6,21-13-9-3)22-14-10-4/h7-24,27H2,1-6H3. The van der Waals surface area contributed by atoms with Crippen LogP contribution in [0.1, 0.15) is 144 Å². The second kappa shape index (κ2) is 16.7. The van der Waals surface area contributed by atoms with Gasteiger partial charge in [0.05, 0.1) is 0 Å². The van der Waals surface area contributed by atoms with Gasteiger partial charge in [-0.25, -0.2) is 0 Å². The van der Waals surface area contributed by atoms with Crippen molar-refractivity contribution >= 4 is 0 Å². The lowest BCUT2D eigenvalue weighted by atomic mass is 9.78. The summed E-state index contributed by atoms with van der Waals surface area (Å²) in [7, 11) is 0. The molecule has 170 valence electrons. The minimum absolute atomic E-state index is 0.357. The van der Waals surface area contributed by atoms with Crippen LogP contribution in [-0.4, -0.2) is 29.1 Å². The maximum atomic E-state index is 5.72. The molecule has 0 aliphatic rings. The van der Waals surface area contributed by atoms with E-state index in [9.17, 15) is 0 Å². The quantitative estimate of drug-likeness (QED) is 0.211. The number of unbranched alkanes of at least 4 members (excludes halogenated alkanes) is 7. The first-order chi connectivity index (χ1) is 13.4. The van der Waals surface area contributed by atoms with E-state index in [1.807, 2.05) is 0 Å². The second-order valence-electron chi connectivity index (χ2n) is 9.76. The Bertz CT molecular complexity index is 297. The molecule has 0 bridgehead atoms. The van der Waals surface area contributed by atoms with Crippen molar-refractivity contribution < 1.29 is 0 Å². The van der Waals surface area contributed by atoms with Crippen LogP contribution in [-0.2, 0) is 0 Å². The Balaban J connectivity index is 5.57. The lowest BCUT2D eigenvalue weighted by Gasteiger charge is -2.53. The zero-order chi connectivity index (χ0) is 21.3. The van der Waals surface area contributed by atoms with Crippen molar-refractivity contribution in [1.82, 2.24) is 4.90 Å². The fraction of sp³-hybridized carbons (Fsp3) is 1.00. The molecule has 2 N–H and O–H groups in total. The Morgan fingerprint density at radius 3 is 1.21 bits per heavy atom. The van der Waals surface area contributed by atoms with Crippen molar-refractivity contribution in [1.29, 1.82) is 0 Å². The van der Waals surface area contributed by atoms with Crippen LogP contribution in [0.25, 0.3) is 0 Å². The third-order valence-corrected chi connectivity index (χ3v) is 6.91. The minimum atomic E-state index is 0.357. The summed E-state index contributed by atoms with van der Waals surface area (Å²) in [5.41, 5.74) is 6.43. The van der Waals surface area contributed by atoms with Crippen LogP contribution in [0.15, 0.2) is 0 Å². The summed E-state index contributed by atoms with van der Waals surface area (Å²) in [6.45, 7) is 16.7. The molecular formula is C26H56N2. The van der Waals surface area contributed by atoms with Crippen LogP contribution in [0.3, 0.4) is 0 Å². The average Bonchev–Trinajstić information content (AvgIpc) is 2.70. The molecule has 0 aromatic carbocycles. The smallest absolute Gasteiger partial charge is 0.0186 e. The SMILES string of the molecule is CCCCC(C)(CCCC)N(CCCCCCN)C(C)(CCCC)CCCC. The Kier molecular flexibility index (Phi) is 16.6. The highest BCUT2D eigenvalue weighted by molar-refractivity contribution is 4.97. The van der Waals surface area contributed by atoms with Gasteiger partial charge in [0.25, 0.3) is 0 Å². The van der Waals surface area contributed by atoms with E-state index >= 15 is 0 Å². The van der Waals surface area contributed by atoms with Gasteiger partial charge in [0.2, 0.25) is 0 Å². The van der Waals surface area contributed by atoms with Crippen LogP contribution in [0.4, 0.5) is 0 Å². The maximum absolute atomic E-state index is 5.72. The van der Waals surface area contributed by atoms with Crippen LogP contribution < -0.4 is 5.73 Å². The lowest BCUT2D eigenvalue weighted by molar-refractivity contribution is -0.0303. The first-order valence-corrected chi connectivity index (χ1v) is 12.9. The van der Waals surface area contributed by atoms with Gasteiger partial charge in [-0.15, -0.1) is 0 Å². The van der Waals surface area contributed by atoms with Crippen LogP contribution >= 0.6 is 0 Å². The molecule has 0 aliphatic carbocycles. The largest absolute Gasteiger partial charge is 0.330 e. The summed E-state index contributed by atoms with van der Waals surface area (Å²) in [5, 5.41) is 0. The summed E-state index contributed by atoms with van der Waals surface area (Å²) in [6.07, 6.45) is 21.3. The predicted molar refractivity (Wildman–Crippen MR) is 129 cm³/mol. The van der Waals surface area contributed by atoms with Gasteiger partial charge >= 0.3 is 0 Å². The molecule has 28 heavy (non-hydrogen) atoms. The van der Waals surface area contributed by atoms with E-state index in [1.54, 1.807) is 0 Å². The van der Waals surface area contributed by atoms with Gasteiger partial charge in [0, 0.05) is 11.1 Å². The summed E-state index contributed by atoms with van der Waals surface area (Å²) in [5.74, 6) is 0. The monoisotopic (exact) mass is 396 g/mol. The van der Waals surface area contributed by atoms with E-state index in [0.29, 0.717) is 11.1 Å². The fourth-order valence-electron chi connectivity index (χ4n) is 4.98. The van der Waals surface area contributed by atoms with Crippen molar-refractivity contribution in [2.45, 2.75) is 155 Å². The highest BCUT2D eigenvalue weighted by Gasteiger charge is 2.41. The molecule has 2 heteroatoms. The molecule has 0 saturated carbocycles. The summed E-state index contributed by atoms with van der Waals surface area (Å²) < 4.78 is 0. The molecule has 0 heterocycles. The van der Waals surface area contributed by atoms with E-state index in [1.165, 1.54) is 109 Å². The molecule has 0 aliphatic heterocycles. The molecule has 0 amide bonds. The lowest BCUT2D eigenvalue weighted by Crippen LogP contribution is -2.58. The highest BCUT2D eigenvalue weighted by Crippen LogP contribution is 2.39. The molecule has 0 fully saturated rings. The Labute approximate surface area is 179 Å². The Morgan fingerprint density at radius 2 is 0.893 bits per heavy atom. The first kappa shape index (κ1) is 27.9. The second-order valence-corrected chi connectivity index (χ2v) is 9.76. The van der Waals surface area contributed by atoms with Gasteiger partial charge in [0.15, 0.2) is 0 Å². The third kappa shape index (κ3) is 10.6. The molecule has 0 aromatic heterocycles. The average molecular weight is 397 g/mol. The summed E-state index contributed by atoms with van der Waals surface area (Å²) in [6, 6.07) is 0. The minimum Gasteiger partial charge on any atom is -0.330 e. The van der Waals surface area contributed by atoms with Crippen molar-refractivity contribution in [2.24, 2.45) is 5.73 Å². The molecule has 0 aromatic rings. The molecule has 0 spiro atoms. The van der Waals surface area contributed by atoms with Gasteiger partial charge in [-0.05, 0) is 65.5 Å². The van der Waals surface area contributed by atoms with E-state index < -0.39 is 0 Å². The summed E-state index contributed by atoms with van der Waals surface area (Å²) >= 11 is 0. The molecule has 0 unspecified atom stereocenters. The molecular weight excluding hydrogens is 340 g/mol. The number of nitrogens with two attached hydrogens (primary N) is 1. The van der Waals surface area contributed by atoms with Crippen molar-refractivity contribution in [3.63, 3.8) is 0 Å². The zero-order valence-corrected chi connectivity index (χ0v) is 20.8. The van der Waals surface area contributed by atoms with Crippen molar-refractivity contribution in [3.05, 3.63) is 0 Å². The van der Waals surface area contributed by atoms with Gasteiger partial charge in [-0.2, -0.15) is 0 Å². The molecule has 0 saturated heterocycles. The number of nitrogens with zero attached hydrogens (tertiary/aromatic N) is 1. The van der Waals surface area contributed by atoms with E-state index in [2.05, 4.69) is 46.4 Å². The van der Waals surface area contributed by atoms with E-state index in [4.69, 9.17) is 5.73 Å². The summed E-state index contributed by atoms with van der Waals surface area (Å²) in [4.78, 5) is 3.03. The topological polar surface area (TPSA) is 29.3 Å². The highest BCUT2D eigenvalue weighted by atomic mass is 15.3. The van der Waals surface area contributed by atoms with E-state index in [-0.39, 0.29) is 0 Å². The number of rotatable bonds is 20.